The van der Waals surface area contributed by atoms with Crippen LogP contribution in [0.15, 0.2) is 0 Å². The van der Waals surface area contributed by atoms with Crippen LogP contribution in [0.3, 0.4) is 0 Å². The Morgan fingerprint density at radius 2 is 1.93 bits per heavy atom. The molecule has 0 bridgehead atoms. The van der Waals surface area contributed by atoms with E-state index in [1.165, 1.54) is 0 Å². The Bertz CT molecular complexity index is 433. The van der Waals surface area contributed by atoms with Gasteiger partial charge in [0.2, 0.25) is 20.0 Å². The normalized spacial score (nSPS) is 14.5. The minimum absolute atomic E-state index is 0.140. The number of sulfonamides is 2. The van der Waals surface area contributed by atoms with Crippen molar-refractivity contribution in [3.05, 3.63) is 0 Å². The summed E-state index contributed by atoms with van der Waals surface area (Å²) in [6, 6.07) is 1.61. The monoisotopic (exact) mass is 255 g/mol. The van der Waals surface area contributed by atoms with E-state index in [9.17, 15) is 16.8 Å². The van der Waals surface area contributed by atoms with Crippen molar-refractivity contribution in [2.45, 2.75) is 18.6 Å². The summed E-state index contributed by atoms with van der Waals surface area (Å²) >= 11 is 0. The van der Waals surface area contributed by atoms with Gasteiger partial charge in [-0.1, -0.05) is 6.92 Å². The van der Waals surface area contributed by atoms with Crippen LogP contribution in [0.1, 0.15) is 13.3 Å². The molecule has 1 atom stereocenters. The van der Waals surface area contributed by atoms with E-state index in [1.807, 2.05) is 4.72 Å². The largest absolute Gasteiger partial charge is 0.229 e. The first kappa shape index (κ1) is 14.3. The molecule has 0 aliphatic heterocycles. The molecule has 1 unspecified atom stereocenters. The van der Waals surface area contributed by atoms with Gasteiger partial charge in [0.25, 0.3) is 0 Å². The Labute approximate surface area is 89.4 Å². The molecule has 3 N–H and O–H groups in total. The minimum atomic E-state index is -3.78. The molecule has 9 heteroatoms. The van der Waals surface area contributed by atoms with Gasteiger partial charge in [0, 0.05) is 6.54 Å². The van der Waals surface area contributed by atoms with Crippen LogP contribution >= 0.6 is 0 Å². The lowest BCUT2D eigenvalue weighted by Crippen LogP contribution is -2.37. The molecule has 0 aromatic heterocycles. The van der Waals surface area contributed by atoms with Gasteiger partial charge in [0.15, 0.2) is 5.25 Å². The standard InChI is InChI=1S/C6H13N3O4S2/c1-2-6(5-7)15(12,13)9-3-4-14(8,10)11/h6,9H,2-4H2,1H3,(H2,8,10,11). The van der Waals surface area contributed by atoms with Crippen molar-refractivity contribution >= 4 is 20.0 Å². The average Bonchev–Trinajstić information content (AvgIpc) is 2.02. The molecule has 15 heavy (non-hydrogen) atoms. The van der Waals surface area contributed by atoms with Crippen molar-refractivity contribution in [2.75, 3.05) is 12.3 Å². The summed E-state index contributed by atoms with van der Waals surface area (Å²) in [5, 5.41) is 12.0. The topological polar surface area (TPSA) is 130 Å². The van der Waals surface area contributed by atoms with Crippen LogP contribution in [0.5, 0.6) is 0 Å². The van der Waals surface area contributed by atoms with Crippen molar-refractivity contribution in [1.82, 2.24) is 4.72 Å². The molecule has 88 valence electrons. The summed E-state index contributed by atoms with van der Waals surface area (Å²) in [5.74, 6) is -0.492. The van der Waals surface area contributed by atoms with Gasteiger partial charge in [-0.25, -0.2) is 26.7 Å². The van der Waals surface area contributed by atoms with Crippen molar-refractivity contribution in [2.24, 2.45) is 5.14 Å². The third-order valence-corrected chi connectivity index (χ3v) is 4.15. The highest BCUT2D eigenvalue weighted by molar-refractivity contribution is 7.90. The lowest BCUT2D eigenvalue weighted by atomic mass is 10.4. The van der Waals surface area contributed by atoms with Crippen LogP contribution in [-0.2, 0) is 20.0 Å². The van der Waals surface area contributed by atoms with Gasteiger partial charge < -0.3 is 0 Å². The maximum Gasteiger partial charge on any atom is 0.227 e. The van der Waals surface area contributed by atoms with Crippen LogP contribution < -0.4 is 9.86 Å². The Balaban J connectivity index is 4.37. The molecule has 0 aromatic rings. The van der Waals surface area contributed by atoms with Crippen molar-refractivity contribution in [1.29, 1.82) is 5.26 Å². The molecule has 7 nitrogen and oxygen atoms in total. The molecule has 0 aliphatic carbocycles. The number of nitrogens with one attached hydrogen (secondary N) is 1. The van der Waals surface area contributed by atoms with E-state index in [0.29, 0.717) is 0 Å². The summed E-state index contributed by atoms with van der Waals surface area (Å²) in [4.78, 5) is 0. The molecule has 0 amide bonds. The van der Waals surface area contributed by atoms with Crippen LogP contribution in [0.2, 0.25) is 0 Å². The van der Waals surface area contributed by atoms with Crippen molar-refractivity contribution in [3.8, 4) is 6.07 Å². The molecule has 0 saturated carbocycles. The lowest BCUT2D eigenvalue weighted by molar-refractivity contribution is 0.573. The summed E-state index contributed by atoms with van der Waals surface area (Å²) in [6.45, 7) is 1.23. The Morgan fingerprint density at radius 1 is 1.40 bits per heavy atom. The maximum atomic E-state index is 11.3. The predicted octanol–water partition coefficient (Wildman–Crippen LogP) is -1.50. The van der Waals surface area contributed by atoms with E-state index < -0.39 is 31.0 Å². The highest BCUT2D eigenvalue weighted by Gasteiger charge is 2.22. The number of hydrogen-bond donors (Lipinski definition) is 2. The second-order valence-electron chi connectivity index (χ2n) is 2.83. The molecular formula is C6H13N3O4S2. The molecule has 0 heterocycles. The zero-order valence-corrected chi connectivity index (χ0v) is 9.81. The van der Waals surface area contributed by atoms with Crippen LogP contribution in [0.25, 0.3) is 0 Å². The molecule has 0 rings (SSSR count). The number of rotatable bonds is 6. The third-order valence-electron chi connectivity index (χ3n) is 1.58. The van der Waals surface area contributed by atoms with Crippen LogP contribution in [0, 0.1) is 11.3 Å². The van der Waals surface area contributed by atoms with Gasteiger partial charge in [-0.3, -0.25) is 0 Å². The highest BCUT2D eigenvalue weighted by Crippen LogP contribution is 2.01. The first-order chi connectivity index (χ1) is 6.73. The molecule has 0 saturated heterocycles. The zero-order chi connectivity index (χ0) is 12.1. The second kappa shape index (κ2) is 5.41. The average molecular weight is 255 g/mol. The predicted molar refractivity (Wildman–Crippen MR) is 54.6 cm³/mol. The van der Waals surface area contributed by atoms with Gasteiger partial charge in [-0.15, -0.1) is 0 Å². The number of nitrogens with two attached hydrogens (primary N) is 1. The van der Waals surface area contributed by atoms with Gasteiger partial charge in [0.05, 0.1) is 11.8 Å². The van der Waals surface area contributed by atoms with E-state index in [-0.39, 0.29) is 13.0 Å². The first-order valence-electron chi connectivity index (χ1n) is 4.11. The minimum Gasteiger partial charge on any atom is -0.229 e. The van der Waals surface area contributed by atoms with Gasteiger partial charge in [-0.2, -0.15) is 5.26 Å². The van der Waals surface area contributed by atoms with Gasteiger partial charge in [0.1, 0.15) is 0 Å². The molecular weight excluding hydrogens is 242 g/mol. The summed E-state index contributed by atoms with van der Waals surface area (Å²) < 4.78 is 45.6. The van der Waals surface area contributed by atoms with E-state index in [2.05, 4.69) is 5.14 Å². The Morgan fingerprint density at radius 3 is 2.27 bits per heavy atom. The molecule has 0 spiro atoms. The second-order valence-corrected chi connectivity index (χ2v) is 6.51. The fourth-order valence-corrected chi connectivity index (χ4v) is 2.49. The lowest BCUT2D eigenvalue weighted by Gasteiger charge is -2.08. The fraction of sp³-hybridized carbons (Fsp3) is 0.833. The quantitative estimate of drug-likeness (QED) is 0.596. The molecule has 0 aromatic carbocycles. The van der Waals surface area contributed by atoms with E-state index in [0.717, 1.165) is 0 Å². The van der Waals surface area contributed by atoms with Gasteiger partial charge in [-0.05, 0) is 6.42 Å². The molecule has 0 aliphatic rings. The number of primary sulfonamides is 1. The fourth-order valence-electron chi connectivity index (χ4n) is 0.807. The first-order valence-corrected chi connectivity index (χ1v) is 7.37. The summed E-state index contributed by atoms with van der Waals surface area (Å²) in [6.07, 6.45) is 0.140. The third kappa shape index (κ3) is 5.68. The van der Waals surface area contributed by atoms with Crippen LogP contribution in [0.4, 0.5) is 0 Å². The summed E-state index contributed by atoms with van der Waals surface area (Å²) in [7, 11) is -7.47. The molecule has 0 radical (unpaired) electrons. The van der Waals surface area contributed by atoms with E-state index in [1.54, 1.807) is 13.0 Å². The van der Waals surface area contributed by atoms with Crippen LogP contribution in [-0.4, -0.2) is 34.4 Å². The van der Waals surface area contributed by atoms with E-state index in [4.69, 9.17) is 5.26 Å². The number of nitriles is 1. The van der Waals surface area contributed by atoms with Gasteiger partial charge >= 0.3 is 0 Å². The Kier molecular flexibility index (Phi) is 5.16. The number of nitrogens with zero attached hydrogens (tertiary/aromatic N) is 1. The SMILES string of the molecule is CCC(C#N)S(=O)(=O)NCCS(N)(=O)=O. The summed E-state index contributed by atoms with van der Waals surface area (Å²) in [5.41, 5.74) is 0. The maximum absolute atomic E-state index is 11.3. The van der Waals surface area contributed by atoms with E-state index >= 15 is 0 Å². The Hall–Kier alpha value is -0.690. The highest BCUT2D eigenvalue weighted by atomic mass is 32.2. The number of hydrogen-bond acceptors (Lipinski definition) is 5. The van der Waals surface area contributed by atoms with Crippen molar-refractivity contribution in [3.63, 3.8) is 0 Å². The molecule has 0 fully saturated rings. The smallest absolute Gasteiger partial charge is 0.227 e. The van der Waals surface area contributed by atoms with Crippen molar-refractivity contribution < 1.29 is 16.8 Å². The zero-order valence-electron chi connectivity index (χ0n) is 8.17.